The Labute approximate surface area is 223 Å². The molecule has 1 N–H and O–H groups in total. The molecule has 8 heteroatoms. The van der Waals surface area contributed by atoms with E-state index in [1.165, 1.54) is 43.1 Å². The van der Waals surface area contributed by atoms with Crippen LogP contribution in [0.25, 0.3) is 10.9 Å². The first-order valence-corrected chi connectivity index (χ1v) is 15.2. The summed E-state index contributed by atoms with van der Waals surface area (Å²) in [4.78, 5) is 11.6. The van der Waals surface area contributed by atoms with E-state index in [1.54, 1.807) is 24.5 Å². The zero-order valence-corrected chi connectivity index (χ0v) is 22.6. The number of anilines is 2. The lowest BCUT2D eigenvalue weighted by Gasteiger charge is -2.30. The molecule has 37 heavy (non-hydrogen) atoms. The molecule has 1 saturated heterocycles. The molecule has 5 rings (SSSR count). The molecular weight excluding hydrogens is 506 g/mol. The third kappa shape index (κ3) is 6.95. The van der Waals surface area contributed by atoms with Gasteiger partial charge in [0.2, 0.25) is 0 Å². The van der Waals surface area contributed by atoms with Gasteiger partial charge in [0.25, 0.3) is 0 Å². The molecule has 0 bridgehead atoms. The molecule has 0 amide bonds. The number of benzene rings is 3. The van der Waals surface area contributed by atoms with Crippen molar-refractivity contribution in [1.29, 1.82) is 0 Å². The highest BCUT2D eigenvalue weighted by Gasteiger charge is 2.15. The van der Waals surface area contributed by atoms with Gasteiger partial charge in [-0.1, -0.05) is 29.8 Å². The second-order valence-corrected chi connectivity index (χ2v) is 12.5. The number of halogens is 2. The van der Waals surface area contributed by atoms with E-state index >= 15 is 0 Å². The van der Waals surface area contributed by atoms with E-state index in [9.17, 15) is 4.39 Å². The lowest BCUT2D eigenvalue weighted by Crippen LogP contribution is -2.34. The van der Waals surface area contributed by atoms with E-state index in [4.69, 9.17) is 16.3 Å². The summed E-state index contributed by atoms with van der Waals surface area (Å²) in [6.07, 6.45) is 6.51. The van der Waals surface area contributed by atoms with E-state index in [0.29, 0.717) is 10.8 Å². The Balaban J connectivity index is 1.23. The number of aryl methyl sites for hydroxylation is 1. The molecule has 3 aromatic carbocycles. The number of nitrogens with one attached hydrogen (secondary N) is 1. The third-order valence-corrected chi connectivity index (χ3v) is 8.94. The number of aromatic nitrogens is 2. The summed E-state index contributed by atoms with van der Waals surface area (Å²) in [7, 11) is 0.271. The van der Waals surface area contributed by atoms with Crippen LogP contribution in [0, 0.1) is 5.82 Å². The quantitative estimate of drug-likeness (QED) is 0.231. The van der Waals surface area contributed by atoms with Crippen LogP contribution < -0.4 is 10.1 Å². The average molecular weight is 537 g/mol. The fraction of sp³-hybridized carbons (Fsp3) is 0.310. The summed E-state index contributed by atoms with van der Waals surface area (Å²) in [5.74, 6) is 0.989. The average Bonchev–Trinajstić information content (AvgIpc) is 2.90. The summed E-state index contributed by atoms with van der Waals surface area (Å²) in [5, 5.41) is 4.84. The Kier molecular flexibility index (Phi) is 8.50. The molecule has 0 aliphatic carbocycles. The van der Waals surface area contributed by atoms with Gasteiger partial charge in [0.15, 0.2) is 0 Å². The van der Waals surface area contributed by atoms with Crippen LogP contribution in [0.2, 0.25) is 5.02 Å². The van der Waals surface area contributed by atoms with Crippen molar-refractivity contribution >= 4 is 41.9 Å². The number of hydrogen-bond donors (Lipinski definition) is 1. The molecule has 0 radical (unpaired) electrons. The van der Waals surface area contributed by atoms with Crippen molar-refractivity contribution in [3.05, 3.63) is 89.0 Å². The van der Waals surface area contributed by atoms with Gasteiger partial charge < -0.3 is 15.0 Å². The van der Waals surface area contributed by atoms with Crippen molar-refractivity contribution in [3.8, 4) is 5.75 Å². The Hall–Kier alpha value is -2.79. The van der Waals surface area contributed by atoms with E-state index in [-0.39, 0.29) is 20.3 Å². The van der Waals surface area contributed by atoms with Gasteiger partial charge in [-0.25, -0.2) is 14.4 Å². The molecule has 1 aliphatic rings. The number of rotatable bonds is 9. The van der Waals surface area contributed by atoms with E-state index in [1.807, 2.05) is 12.1 Å². The van der Waals surface area contributed by atoms with Crippen LogP contribution in [0.15, 0.2) is 67.0 Å². The highest BCUT2D eigenvalue weighted by molar-refractivity contribution is 7.56. The zero-order valence-electron chi connectivity index (χ0n) is 21.0. The van der Waals surface area contributed by atoms with Gasteiger partial charge in [0.05, 0.1) is 10.5 Å². The first-order valence-electron chi connectivity index (χ1n) is 12.6. The van der Waals surface area contributed by atoms with Crippen molar-refractivity contribution in [2.24, 2.45) is 0 Å². The standard InChI is InChI=1S/C29H31ClFN4OP/c1-37-14-12-35(13-15-37)11-3-5-21-7-9-27-25(17-21)29(33-20-32-27)34-24-8-10-28(26(30)18-24)36-19-22-4-2-6-23(31)16-22/h2,4,6-10,16-18,20H,3,5,11-15,19H2,1H3,(H,32,33,34). The van der Waals surface area contributed by atoms with E-state index < -0.39 is 0 Å². The van der Waals surface area contributed by atoms with Crippen LogP contribution in [0.1, 0.15) is 17.5 Å². The summed E-state index contributed by atoms with van der Waals surface area (Å²) in [6, 6.07) is 18.3. The van der Waals surface area contributed by atoms with Crippen molar-refractivity contribution in [1.82, 2.24) is 14.9 Å². The summed E-state index contributed by atoms with van der Waals surface area (Å²) < 4.78 is 19.2. The van der Waals surface area contributed by atoms with Gasteiger partial charge in [0.1, 0.15) is 30.3 Å². The number of fused-ring (bicyclic) bond motifs is 1. The monoisotopic (exact) mass is 536 g/mol. The van der Waals surface area contributed by atoms with Crippen LogP contribution >= 0.6 is 19.5 Å². The highest BCUT2D eigenvalue weighted by Crippen LogP contribution is 2.33. The number of nitrogens with zero attached hydrogens (tertiary/aromatic N) is 3. The minimum atomic E-state index is -0.288. The van der Waals surface area contributed by atoms with Crippen molar-refractivity contribution in [2.45, 2.75) is 19.4 Å². The molecule has 5 nitrogen and oxygen atoms in total. The summed E-state index contributed by atoms with van der Waals surface area (Å²) in [5.41, 5.74) is 3.73. The van der Waals surface area contributed by atoms with Crippen LogP contribution in [0.5, 0.6) is 5.75 Å². The fourth-order valence-electron chi connectivity index (χ4n) is 4.56. The fourth-order valence-corrected chi connectivity index (χ4v) is 6.26. The molecule has 0 unspecified atom stereocenters. The first kappa shape index (κ1) is 25.8. The van der Waals surface area contributed by atoms with Gasteiger partial charge >= 0.3 is 0 Å². The van der Waals surface area contributed by atoms with Crippen LogP contribution in [-0.4, -0.2) is 53.5 Å². The smallest absolute Gasteiger partial charge is 0.141 e. The highest BCUT2D eigenvalue weighted by atomic mass is 35.5. The van der Waals surface area contributed by atoms with E-state index in [2.05, 4.69) is 45.0 Å². The molecule has 0 atom stereocenters. The molecule has 1 aliphatic heterocycles. The maximum atomic E-state index is 13.4. The van der Waals surface area contributed by atoms with Gasteiger partial charge in [-0.15, -0.1) is 7.92 Å². The molecule has 0 saturated carbocycles. The normalized spacial score (nSPS) is 14.7. The predicted octanol–water partition coefficient (Wildman–Crippen LogP) is 7.10. The van der Waals surface area contributed by atoms with Gasteiger partial charge in [-0.3, -0.25) is 0 Å². The minimum absolute atomic E-state index is 0.237. The maximum absolute atomic E-state index is 13.4. The lowest BCUT2D eigenvalue weighted by atomic mass is 10.1. The molecule has 0 spiro atoms. The Morgan fingerprint density at radius 1 is 1.03 bits per heavy atom. The van der Waals surface area contributed by atoms with Crippen LogP contribution in [0.3, 0.4) is 0 Å². The zero-order chi connectivity index (χ0) is 25.6. The number of ether oxygens (including phenoxy) is 1. The molecule has 192 valence electrons. The summed E-state index contributed by atoms with van der Waals surface area (Å²) >= 11 is 6.49. The SMILES string of the molecule is CP1CCN(CCCc2ccc3ncnc(Nc4ccc(OCc5cccc(F)c5)c(Cl)c4)c3c2)CC1. The first-order chi connectivity index (χ1) is 18.0. The van der Waals surface area contributed by atoms with Gasteiger partial charge in [-0.2, -0.15) is 0 Å². The molecule has 2 heterocycles. The van der Waals surface area contributed by atoms with Crippen LogP contribution in [0.4, 0.5) is 15.9 Å². The Morgan fingerprint density at radius 3 is 2.70 bits per heavy atom. The third-order valence-electron chi connectivity index (χ3n) is 6.71. The van der Waals surface area contributed by atoms with Crippen molar-refractivity contribution < 1.29 is 9.13 Å². The largest absolute Gasteiger partial charge is 0.487 e. The number of hydrogen-bond acceptors (Lipinski definition) is 5. The van der Waals surface area contributed by atoms with E-state index in [0.717, 1.165) is 47.4 Å². The van der Waals surface area contributed by atoms with Crippen LogP contribution in [-0.2, 0) is 13.0 Å². The topological polar surface area (TPSA) is 50.3 Å². The Morgan fingerprint density at radius 2 is 1.89 bits per heavy atom. The maximum Gasteiger partial charge on any atom is 0.141 e. The van der Waals surface area contributed by atoms with Gasteiger partial charge in [0, 0.05) is 24.2 Å². The summed E-state index contributed by atoms with van der Waals surface area (Å²) in [6.45, 7) is 6.31. The lowest BCUT2D eigenvalue weighted by molar-refractivity contribution is 0.296. The second kappa shape index (κ2) is 12.2. The van der Waals surface area contributed by atoms with Crippen molar-refractivity contribution in [2.75, 3.05) is 43.9 Å². The molecule has 1 fully saturated rings. The predicted molar refractivity (Wildman–Crippen MR) is 152 cm³/mol. The Bertz CT molecular complexity index is 1360. The second-order valence-electron chi connectivity index (χ2n) is 9.51. The minimum Gasteiger partial charge on any atom is -0.487 e. The molecular formula is C29H31ClFN4OP. The molecule has 4 aromatic rings. The van der Waals surface area contributed by atoms with Crippen molar-refractivity contribution in [3.63, 3.8) is 0 Å². The van der Waals surface area contributed by atoms with Gasteiger partial charge in [-0.05, 0) is 92.0 Å². The molecule has 1 aromatic heterocycles.